The van der Waals surface area contributed by atoms with Gasteiger partial charge in [-0.25, -0.2) is 0 Å². The Morgan fingerprint density at radius 3 is 1.81 bits per heavy atom. The summed E-state index contributed by atoms with van der Waals surface area (Å²) in [7, 11) is 0. The molecule has 2 heteroatoms. The highest BCUT2D eigenvalue weighted by Gasteiger charge is 2.28. The van der Waals surface area contributed by atoms with E-state index in [-0.39, 0.29) is 18.6 Å². The maximum Gasteiger partial charge on any atom is 0.0509 e. The number of hydrogen-bond donors (Lipinski definition) is 2. The molecule has 2 N–H and O–H groups in total. The second kappa shape index (κ2) is 8.08. The van der Waals surface area contributed by atoms with E-state index in [1.807, 2.05) is 0 Å². The van der Waals surface area contributed by atoms with Crippen molar-refractivity contribution in [2.75, 3.05) is 13.2 Å². The van der Waals surface area contributed by atoms with Crippen LogP contribution in [0.3, 0.4) is 0 Å². The summed E-state index contributed by atoms with van der Waals surface area (Å²) in [6.07, 6.45) is 5.44. The van der Waals surface area contributed by atoms with Crippen molar-refractivity contribution < 1.29 is 10.2 Å². The van der Waals surface area contributed by atoms with Gasteiger partial charge in [0.05, 0.1) is 13.2 Å². The zero-order chi connectivity index (χ0) is 12.6. The van der Waals surface area contributed by atoms with Crippen molar-refractivity contribution in [1.29, 1.82) is 0 Å². The normalized spacial score (nSPS) is 12.8. The van der Waals surface area contributed by atoms with Crippen LogP contribution in [0.25, 0.3) is 0 Å². The molecule has 0 aliphatic heterocycles. The van der Waals surface area contributed by atoms with Gasteiger partial charge in [0.15, 0.2) is 0 Å². The Morgan fingerprint density at radius 1 is 0.875 bits per heavy atom. The van der Waals surface area contributed by atoms with Crippen LogP contribution in [0.5, 0.6) is 0 Å². The SMILES string of the molecule is CC(C)CCCCC(CO)(CO)CC(C)C. The first kappa shape index (κ1) is 15.9. The highest BCUT2D eigenvalue weighted by Crippen LogP contribution is 2.32. The van der Waals surface area contributed by atoms with E-state index in [1.54, 1.807) is 0 Å². The summed E-state index contributed by atoms with van der Waals surface area (Å²) in [6.45, 7) is 8.99. The van der Waals surface area contributed by atoms with Crippen molar-refractivity contribution in [3.05, 3.63) is 0 Å². The van der Waals surface area contributed by atoms with Crippen LogP contribution >= 0.6 is 0 Å². The Labute approximate surface area is 101 Å². The summed E-state index contributed by atoms with van der Waals surface area (Å²) in [4.78, 5) is 0. The van der Waals surface area contributed by atoms with Crippen LogP contribution in [0.15, 0.2) is 0 Å². The molecule has 98 valence electrons. The highest BCUT2D eigenvalue weighted by atomic mass is 16.3. The summed E-state index contributed by atoms with van der Waals surface area (Å²) in [5.41, 5.74) is -0.245. The lowest BCUT2D eigenvalue weighted by Gasteiger charge is -2.31. The molecule has 0 aliphatic rings. The fraction of sp³-hybridized carbons (Fsp3) is 1.00. The quantitative estimate of drug-likeness (QED) is 0.597. The topological polar surface area (TPSA) is 40.5 Å². The molecule has 2 nitrogen and oxygen atoms in total. The van der Waals surface area contributed by atoms with Gasteiger partial charge >= 0.3 is 0 Å². The first-order chi connectivity index (χ1) is 7.45. The molecule has 0 spiro atoms. The maximum atomic E-state index is 9.47. The van der Waals surface area contributed by atoms with Crippen LogP contribution in [-0.2, 0) is 0 Å². The molecule has 0 unspecified atom stereocenters. The second-order valence-electron chi connectivity index (χ2n) is 6.05. The molecule has 0 heterocycles. The molecule has 0 radical (unpaired) electrons. The maximum absolute atomic E-state index is 9.47. The molecule has 0 aromatic rings. The van der Waals surface area contributed by atoms with Crippen LogP contribution in [0, 0.1) is 17.3 Å². The van der Waals surface area contributed by atoms with Crippen molar-refractivity contribution in [2.24, 2.45) is 17.3 Å². The van der Waals surface area contributed by atoms with E-state index < -0.39 is 0 Å². The Balaban J connectivity index is 4.01. The van der Waals surface area contributed by atoms with Crippen LogP contribution in [-0.4, -0.2) is 23.4 Å². The molecular weight excluding hydrogens is 200 g/mol. The summed E-state index contributed by atoms with van der Waals surface area (Å²) < 4.78 is 0. The van der Waals surface area contributed by atoms with Gasteiger partial charge in [-0.3, -0.25) is 0 Å². The lowest BCUT2D eigenvalue weighted by molar-refractivity contribution is 0.0273. The van der Waals surface area contributed by atoms with E-state index in [0.717, 1.165) is 25.2 Å². The zero-order valence-electron chi connectivity index (χ0n) is 11.5. The molecule has 0 aliphatic carbocycles. The van der Waals surface area contributed by atoms with E-state index in [1.165, 1.54) is 12.8 Å². The van der Waals surface area contributed by atoms with E-state index >= 15 is 0 Å². The van der Waals surface area contributed by atoms with Gasteiger partial charge in [0, 0.05) is 5.41 Å². The molecule has 0 rings (SSSR count). The standard InChI is InChI=1S/C14H30O2/c1-12(2)7-5-6-8-14(10-15,11-16)9-13(3)4/h12-13,15-16H,5-11H2,1-4H3. The highest BCUT2D eigenvalue weighted by molar-refractivity contribution is 4.79. The Bertz CT molecular complexity index is 160. The van der Waals surface area contributed by atoms with Gasteiger partial charge in [-0.1, -0.05) is 47.0 Å². The van der Waals surface area contributed by atoms with Crippen molar-refractivity contribution in [3.63, 3.8) is 0 Å². The molecule has 0 fully saturated rings. The average Bonchev–Trinajstić information content (AvgIpc) is 2.22. The van der Waals surface area contributed by atoms with E-state index in [0.29, 0.717) is 5.92 Å². The Hall–Kier alpha value is -0.0800. The predicted molar refractivity (Wildman–Crippen MR) is 69.4 cm³/mol. The fourth-order valence-electron chi connectivity index (χ4n) is 2.36. The zero-order valence-corrected chi connectivity index (χ0v) is 11.5. The van der Waals surface area contributed by atoms with Gasteiger partial charge in [-0.15, -0.1) is 0 Å². The summed E-state index contributed by atoms with van der Waals surface area (Å²) >= 11 is 0. The first-order valence-corrected chi connectivity index (χ1v) is 6.67. The van der Waals surface area contributed by atoms with Gasteiger partial charge in [0.1, 0.15) is 0 Å². The van der Waals surface area contributed by atoms with Gasteiger partial charge < -0.3 is 10.2 Å². The van der Waals surface area contributed by atoms with E-state index in [2.05, 4.69) is 27.7 Å². The molecule has 0 aromatic carbocycles. The molecule has 0 bridgehead atoms. The smallest absolute Gasteiger partial charge is 0.0509 e. The Kier molecular flexibility index (Phi) is 8.04. The molecule has 16 heavy (non-hydrogen) atoms. The summed E-state index contributed by atoms with van der Waals surface area (Å²) in [5, 5.41) is 18.9. The van der Waals surface area contributed by atoms with Crippen molar-refractivity contribution in [1.82, 2.24) is 0 Å². The van der Waals surface area contributed by atoms with Gasteiger partial charge in [-0.05, 0) is 24.7 Å². The molecule has 0 saturated carbocycles. The van der Waals surface area contributed by atoms with Crippen molar-refractivity contribution >= 4 is 0 Å². The van der Waals surface area contributed by atoms with Crippen LogP contribution in [0.4, 0.5) is 0 Å². The molecule has 0 aromatic heterocycles. The van der Waals surface area contributed by atoms with Gasteiger partial charge in [-0.2, -0.15) is 0 Å². The van der Waals surface area contributed by atoms with Gasteiger partial charge in [0.2, 0.25) is 0 Å². The third-order valence-electron chi connectivity index (χ3n) is 3.25. The van der Waals surface area contributed by atoms with Crippen molar-refractivity contribution in [3.8, 4) is 0 Å². The average molecular weight is 230 g/mol. The lowest BCUT2D eigenvalue weighted by atomic mass is 9.77. The van der Waals surface area contributed by atoms with Crippen LogP contribution in [0.1, 0.15) is 59.8 Å². The Morgan fingerprint density at radius 2 is 1.44 bits per heavy atom. The minimum Gasteiger partial charge on any atom is -0.396 e. The monoisotopic (exact) mass is 230 g/mol. The predicted octanol–water partition coefficient (Wildman–Crippen LogP) is 3.22. The van der Waals surface area contributed by atoms with Crippen LogP contribution < -0.4 is 0 Å². The largest absolute Gasteiger partial charge is 0.396 e. The number of unbranched alkanes of at least 4 members (excludes halogenated alkanes) is 1. The fourth-order valence-corrected chi connectivity index (χ4v) is 2.36. The molecule has 0 atom stereocenters. The number of rotatable bonds is 9. The number of aliphatic hydroxyl groups excluding tert-OH is 2. The van der Waals surface area contributed by atoms with E-state index in [9.17, 15) is 10.2 Å². The summed E-state index contributed by atoms with van der Waals surface area (Å²) in [6, 6.07) is 0. The van der Waals surface area contributed by atoms with Gasteiger partial charge in [0.25, 0.3) is 0 Å². The number of hydrogen-bond acceptors (Lipinski definition) is 2. The molecule has 0 amide bonds. The molecule has 0 saturated heterocycles. The number of aliphatic hydroxyl groups is 2. The minimum atomic E-state index is -0.245. The van der Waals surface area contributed by atoms with E-state index in [4.69, 9.17) is 0 Å². The van der Waals surface area contributed by atoms with Crippen molar-refractivity contribution in [2.45, 2.75) is 59.8 Å². The first-order valence-electron chi connectivity index (χ1n) is 6.67. The third kappa shape index (κ3) is 6.49. The third-order valence-corrected chi connectivity index (χ3v) is 3.25. The van der Waals surface area contributed by atoms with Crippen LogP contribution in [0.2, 0.25) is 0 Å². The molecular formula is C14H30O2. The second-order valence-corrected chi connectivity index (χ2v) is 6.05. The summed E-state index contributed by atoms with van der Waals surface area (Å²) in [5.74, 6) is 1.28. The lowest BCUT2D eigenvalue weighted by Crippen LogP contribution is -2.31. The minimum absolute atomic E-state index is 0.114.